The fraction of sp³-hybridized carbons (Fsp3) is 0.533. The normalized spacial score (nSPS) is 23.1. The zero-order chi connectivity index (χ0) is 13.7. The number of carbonyl (C=O) groups is 1. The Kier molecular flexibility index (Phi) is 5.71. The van der Waals surface area contributed by atoms with E-state index in [0.717, 1.165) is 17.3 Å². The molecule has 19 heavy (non-hydrogen) atoms. The average Bonchev–Trinajstić information content (AvgIpc) is 2.39. The molecular weight excluding hydrogens is 326 g/mol. The standard InChI is InChI=1S/C15H19BrClNO/c16-10-12-5-1-2-7-14(12)18-15(19)9-11-4-3-6-13(17)8-11/h3-4,6,8,12,14H,1-2,5,7,9-10H2,(H,18,19). The Morgan fingerprint density at radius 3 is 2.89 bits per heavy atom. The van der Waals surface area contributed by atoms with Crippen molar-refractivity contribution in [3.63, 3.8) is 0 Å². The van der Waals surface area contributed by atoms with Gasteiger partial charge in [0.15, 0.2) is 0 Å². The molecule has 1 amide bonds. The van der Waals surface area contributed by atoms with Crippen molar-refractivity contribution in [1.82, 2.24) is 5.32 Å². The molecule has 2 rings (SSSR count). The monoisotopic (exact) mass is 343 g/mol. The predicted octanol–water partition coefficient (Wildman–Crippen LogP) is 3.95. The lowest BCUT2D eigenvalue weighted by Gasteiger charge is -2.31. The fourth-order valence-corrected chi connectivity index (χ4v) is 3.66. The van der Waals surface area contributed by atoms with Crippen LogP contribution < -0.4 is 5.32 Å². The van der Waals surface area contributed by atoms with Gasteiger partial charge in [0.2, 0.25) is 5.91 Å². The lowest BCUT2D eigenvalue weighted by Crippen LogP contribution is -2.43. The molecule has 0 heterocycles. The number of halogens is 2. The van der Waals surface area contributed by atoms with Gasteiger partial charge in [-0.2, -0.15) is 0 Å². The fourth-order valence-electron chi connectivity index (χ4n) is 2.67. The van der Waals surface area contributed by atoms with E-state index in [1.54, 1.807) is 0 Å². The van der Waals surface area contributed by atoms with Gasteiger partial charge in [0.25, 0.3) is 0 Å². The van der Waals surface area contributed by atoms with Gasteiger partial charge in [0.1, 0.15) is 0 Å². The largest absolute Gasteiger partial charge is 0.353 e. The Morgan fingerprint density at radius 1 is 1.37 bits per heavy atom. The van der Waals surface area contributed by atoms with E-state index >= 15 is 0 Å². The van der Waals surface area contributed by atoms with Crippen LogP contribution in [-0.4, -0.2) is 17.3 Å². The summed E-state index contributed by atoms with van der Waals surface area (Å²) in [5.74, 6) is 0.664. The summed E-state index contributed by atoms with van der Waals surface area (Å²) < 4.78 is 0. The predicted molar refractivity (Wildman–Crippen MR) is 82.8 cm³/mol. The van der Waals surface area contributed by atoms with Crippen LogP contribution >= 0.6 is 27.5 Å². The van der Waals surface area contributed by atoms with Crippen molar-refractivity contribution in [3.05, 3.63) is 34.9 Å². The topological polar surface area (TPSA) is 29.1 Å². The minimum Gasteiger partial charge on any atom is -0.353 e. The number of rotatable bonds is 4. The first-order valence-electron chi connectivity index (χ1n) is 6.79. The second kappa shape index (κ2) is 7.30. The van der Waals surface area contributed by atoms with Crippen molar-refractivity contribution in [2.75, 3.05) is 5.33 Å². The third kappa shape index (κ3) is 4.50. The summed E-state index contributed by atoms with van der Waals surface area (Å²) in [7, 11) is 0. The van der Waals surface area contributed by atoms with Gasteiger partial charge in [0, 0.05) is 16.4 Å². The summed E-state index contributed by atoms with van der Waals surface area (Å²) in [6, 6.07) is 7.82. The molecule has 0 bridgehead atoms. The van der Waals surface area contributed by atoms with Crippen molar-refractivity contribution in [3.8, 4) is 0 Å². The third-order valence-corrected chi connectivity index (χ3v) is 4.77. The molecule has 0 spiro atoms. The SMILES string of the molecule is O=C(Cc1cccc(Cl)c1)NC1CCCCC1CBr. The zero-order valence-electron chi connectivity index (χ0n) is 10.9. The first-order valence-corrected chi connectivity index (χ1v) is 8.29. The van der Waals surface area contributed by atoms with Crippen molar-refractivity contribution < 1.29 is 4.79 Å². The molecule has 2 unspecified atom stereocenters. The number of hydrogen-bond acceptors (Lipinski definition) is 1. The quantitative estimate of drug-likeness (QED) is 0.823. The molecular formula is C15H19BrClNO. The lowest BCUT2D eigenvalue weighted by atomic mass is 9.86. The highest BCUT2D eigenvalue weighted by Crippen LogP contribution is 2.26. The highest BCUT2D eigenvalue weighted by molar-refractivity contribution is 9.09. The summed E-state index contributed by atoms with van der Waals surface area (Å²) in [4.78, 5) is 12.1. The van der Waals surface area contributed by atoms with Crippen molar-refractivity contribution in [1.29, 1.82) is 0 Å². The Hall–Kier alpha value is -0.540. The minimum absolute atomic E-state index is 0.0973. The van der Waals surface area contributed by atoms with Crippen LogP contribution in [0.2, 0.25) is 5.02 Å². The molecule has 1 aromatic carbocycles. The van der Waals surface area contributed by atoms with E-state index in [1.165, 1.54) is 19.3 Å². The second-order valence-electron chi connectivity index (χ2n) is 5.18. The van der Waals surface area contributed by atoms with Gasteiger partial charge in [-0.3, -0.25) is 4.79 Å². The van der Waals surface area contributed by atoms with E-state index in [4.69, 9.17) is 11.6 Å². The minimum atomic E-state index is 0.0973. The molecule has 0 saturated heterocycles. The molecule has 2 atom stereocenters. The van der Waals surface area contributed by atoms with Gasteiger partial charge < -0.3 is 5.32 Å². The third-order valence-electron chi connectivity index (χ3n) is 3.71. The zero-order valence-corrected chi connectivity index (χ0v) is 13.2. The molecule has 0 radical (unpaired) electrons. The van der Waals surface area contributed by atoms with Crippen molar-refractivity contribution >= 4 is 33.4 Å². The number of nitrogens with one attached hydrogen (secondary N) is 1. The molecule has 1 fully saturated rings. The molecule has 1 aliphatic carbocycles. The first kappa shape index (κ1) is 14.9. The maximum atomic E-state index is 12.1. The number of alkyl halides is 1. The molecule has 104 valence electrons. The Bertz CT molecular complexity index is 438. The summed E-state index contributed by atoms with van der Waals surface area (Å²) in [6.07, 6.45) is 5.19. The van der Waals surface area contributed by atoms with Crippen molar-refractivity contribution in [2.45, 2.75) is 38.1 Å². The molecule has 0 aliphatic heterocycles. The average molecular weight is 345 g/mol. The molecule has 1 saturated carbocycles. The van der Waals surface area contributed by atoms with Gasteiger partial charge in [-0.05, 0) is 36.5 Å². The summed E-state index contributed by atoms with van der Waals surface area (Å²) >= 11 is 9.48. The van der Waals surface area contributed by atoms with Gasteiger partial charge >= 0.3 is 0 Å². The van der Waals surface area contributed by atoms with Crippen LogP contribution in [0.1, 0.15) is 31.2 Å². The number of carbonyl (C=O) groups excluding carboxylic acids is 1. The van der Waals surface area contributed by atoms with E-state index in [1.807, 2.05) is 24.3 Å². The van der Waals surface area contributed by atoms with Gasteiger partial charge in [-0.15, -0.1) is 0 Å². The summed E-state index contributed by atoms with van der Waals surface area (Å²) in [6.45, 7) is 0. The second-order valence-corrected chi connectivity index (χ2v) is 6.26. The molecule has 0 aromatic heterocycles. The van der Waals surface area contributed by atoms with Gasteiger partial charge in [-0.25, -0.2) is 0 Å². The summed E-state index contributed by atoms with van der Waals surface area (Å²) in [5, 5.41) is 4.82. The van der Waals surface area contributed by atoms with Gasteiger partial charge in [-0.1, -0.05) is 52.5 Å². The van der Waals surface area contributed by atoms with Crippen LogP contribution in [0.4, 0.5) is 0 Å². The first-order chi connectivity index (χ1) is 9.19. The smallest absolute Gasteiger partial charge is 0.224 e. The van der Waals surface area contributed by atoms with E-state index in [0.29, 0.717) is 23.4 Å². The van der Waals surface area contributed by atoms with E-state index in [-0.39, 0.29) is 5.91 Å². The molecule has 1 aliphatic rings. The highest BCUT2D eigenvalue weighted by atomic mass is 79.9. The van der Waals surface area contributed by atoms with E-state index in [2.05, 4.69) is 21.2 Å². The molecule has 2 nitrogen and oxygen atoms in total. The Balaban J connectivity index is 1.90. The van der Waals surface area contributed by atoms with Crippen LogP contribution in [0.25, 0.3) is 0 Å². The number of hydrogen-bond donors (Lipinski definition) is 1. The molecule has 4 heteroatoms. The number of benzene rings is 1. The maximum Gasteiger partial charge on any atom is 0.224 e. The molecule has 1 aromatic rings. The van der Waals surface area contributed by atoms with Gasteiger partial charge in [0.05, 0.1) is 6.42 Å². The van der Waals surface area contributed by atoms with E-state index < -0.39 is 0 Å². The lowest BCUT2D eigenvalue weighted by molar-refractivity contribution is -0.121. The maximum absolute atomic E-state index is 12.1. The highest BCUT2D eigenvalue weighted by Gasteiger charge is 2.25. The van der Waals surface area contributed by atoms with Crippen LogP contribution in [-0.2, 0) is 11.2 Å². The number of amides is 1. The Morgan fingerprint density at radius 2 is 2.16 bits per heavy atom. The van der Waals surface area contributed by atoms with Crippen LogP contribution in [0, 0.1) is 5.92 Å². The van der Waals surface area contributed by atoms with Crippen LogP contribution in [0.3, 0.4) is 0 Å². The Labute approximate surface area is 128 Å². The van der Waals surface area contributed by atoms with Crippen LogP contribution in [0.5, 0.6) is 0 Å². The van der Waals surface area contributed by atoms with E-state index in [9.17, 15) is 4.79 Å². The van der Waals surface area contributed by atoms with Crippen molar-refractivity contribution in [2.24, 2.45) is 5.92 Å². The molecule has 1 N–H and O–H groups in total. The van der Waals surface area contributed by atoms with Crippen LogP contribution in [0.15, 0.2) is 24.3 Å². The summed E-state index contributed by atoms with van der Waals surface area (Å²) in [5.41, 5.74) is 0.969.